The Balaban J connectivity index is 1.65. The summed E-state index contributed by atoms with van der Waals surface area (Å²) in [6.07, 6.45) is -0.144. The van der Waals surface area contributed by atoms with Crippen molar-refractivity contribution in [2.45, 2.75) is 6.10 Å². The standard InChI is InChI=1S/C17H23Cl2N3O3/c18-14-2-1-12(9-15(14)19)16-13(10-20-3-6-25-16)11-21-17(23)22-4-7-24-8-5-22/h1-2,9,13,16,20H,3-8,10-11H2,(H,21,23)/t13-,16-/m0/s1. The quantitative estimate of drug-likeness (QED) is 0.835. The van der Waals surface area contributed by atoms with Gasteiger partial charge in [-0.1, -0.05) is 29.3 Å². The van der Waals surface area contributed by atoms with Gasteiger partial charge in [0.15, 0.2) is 0 Å². The molecule has 2 fully saturated rings. The Morgan fingerprint density at radius 1 is 1.24 bits per heavy atom. The Hall–Kier alpha value is -1.05. The van der Waals surface area contributed by atoms with Crippen LogP contribution in [0.5, 0.6) is 0 Å². The molecule has 8 heteroatoms. The van der Waals surface area contributed by atoms with Gasteiger partial charge in [0.1, 0.15) is 0 Å². The summed E-state index contributed by atoms with van der Waals surface area (Å²) in [7, 11) is 0. The number of nitrogens with one attached hydrogen (secondary N) is 2. The lowest BCUT2D eigenvalue weighted by Gasteiger charge is -2.29. The molecule has 0 saturated carbocycles. The molecule has 2 N–H and O–H groups in total. The summed E-state index contributed by atoms with van der Waals surface area (Å²) >= 11 is 12.2. The van der Waals surface area contributed by atoms with Crippen molar-refractivity contribution in [2.75, 3.05) is 52.5 Å². The first-order valence-electron chi connectivity index (χ1n) is 8.53. The Labute approximate surface area is 157 Å². The van der Waals surface area contributed by atoms with E-state index in [1.165, 1.54) is 0 Å². The van der Waals surface area contributed by atoms with E-state index < -0.39 is 0 Å². The largest absolute Gasteiger partial charge is 0.378 e. The van der Waals surface area contributed by atoms with Gasteiger partial charge in [-0.3, -0.25) is 0 Å². The van der Waals surface area contributed by atoms with Gasteiger partial charge in [-0.25, -0.2) is 4.79 Å². The number of halogens is 2. The molecule has 3 rings (SSSR count). The van der Waals surface area contributed by atoms with Crippen molar-refractivity contribution >= 4 is 29.2 Å². The molecule has 2 atom stereocenters. The molecule has 2 aliphatic rings. The van der Waals surface area contributed by atoms with Crippen LogP contribution in [0.25, 0.3) is 0 Å². The number of rotatable bonds is 3. The predicted molar refractivity (Wildman–Crippen MR) is 97.3 cm³/mol. The van der Waals surface area contributed by atoms with Crippen LogP contribution in [0.4, 0.5) is 4.79 Å². The summed E-state index contributed by atoms with van der Waals surface area (Å²) in [5.74, 6) is 0.102. The van der Waals surface area contributed by atoms with Crippen molar-refractivity contribution < 1.29 is 14.3 Å². The Kier molecular flexibility index (Phi) is 6.78. The van der Waals surface area contributed by atoms with Gasteiger partial charge in [0.05, 0.1) is 36.0 Å². The smallest absolute Gasteiger partial charge is 0.317 e. The van der Waals surface area contributed by atoms with Crippen molar-refractivity contribution in [1.82, 2.24) is 15.5 Å². The fourth-order valence-electron chi connectivity index (χ4n) is 3.12. The van der Waals surface area contributed by atoms with Crippen molar-refractivity contribution in [3.8, 4) is 0 Å². The van der Waals surface area contributed by atoms with Gasteiger partial charge in [0.25, 0.3) is 0 Å². The van der Waals surface area contributed by atoms with E-state index >= 15 is 0 Å². The van der Waals surface area contributed by atoms with Gasteiger partial charge in [-0.15, -0.1) is 0 Å². The van der Waals surface area contributed by atoms with Crippen LogP contribution >= 0.6 is 23.2 Å². The van der Waals surface area contributed by atoms with E-state index in [0.29, 0.717) is 49.5 Å². The van der Waals surface area contributed by atoms with Crippen molar-refractivity contribution in [2.24, 2.45) is 5.92 Å². The molecule has 0 aromatic heterocycles. The maximum atomic E-state index is 12.3. The number of carbonyl (C=O) groups is 1. The number of hydrogen-bond acceptors (Lipinski definition) is 4. The molecular formula is C17H23Cl2N3O3. The number of nitrogens with zero attached hydrogens (tertiary/aromatic N) is 1. The number of ether oxygens (including phenoxy) is 2. The van der Waals surface area contributed by atoms with Crippen molar-refractivity contribution in [3.05, 3.63) is 33.8 Å². The molecule has 2 heterocycles. The van der Waals surface area contributed by atoms with Gasteiger partial charge in [0.2, 0.25) is 0 Å². The SMILES string of the molecule is O=C(NC[C@@H]1CNCCO[C@H]1c1ccc(Cl)c(Cl)c1)N1CCOCC1. The van der Waals surface area contributed by atoms with Crippen LogP contribution in [0, 0.1) is 5.92 Å². The lowest BCUT2D eigenvalue weighted by Crippen LogP contribution is -2.48. The van der Waals surface area contributed by atoms with Gasteiger partial charge in [0, 0.05) is 38.6 Å². The Bertz CT molecular complexity index is 597. The molecule has 2 amide bonds. The molecule has 0 spiro atoms. The van der Waals surface area contributed by atoms with Crippen LogP contribution in [0.1, 0.15) is 11.7 Å². The average molecular weight is 388 g/mol. The maximum absolute atomic E-state index is 12.3. The molecule has 2 aliphatic heterocycles. The van der Waals surface area contributed by atoms with E-state index in [9.17, 15) is 4.79 Å². The number of hydrogen-bond donors (Lipinski definition) is 2. The normalized spacial score (nSPS) is 24.6. The van der Waals surface area contributed by atoms with E-state index in [4.69, 9.17) is 32.7 Å². The van der Waals surface area contributed by atoms with E-state index in [1.54, 1.807) is 11.0 Å². The van der Waals surface area contributed by atoms with Crippen molar-refractivity contribution in [1.29, 1.82) is 0 Å². The monoisotopic (exact) mass is 387 g/mol. The van der Waals surface area contributed by atoms with Crippen LogP contribution in [0.15, 0.2) is 18.2 Å². The number of morpholine rings is 1. The molecule has 2 saturated heterocycles. The van der Waals surface area contributed by atoms with E-state index in [2.05, 4.69) is 10.6 Å². The van der Waals surface area contributed by atoms with Gasteiger partial charge >= 0.3 is 6.03 Å². The third-order valence-corrected chi connectivity index (χ3v) is 5.24. The summed E-state index contributed by atoms with van der Waals surface area (Å²) in [5.41, 5.74) is 0.976. The number of amides is 2. The van der Waals surface area contributed by atoms with E-state index in [-0.39, 0.29) is 18.1 Å². The molecule has 0 bridgehead atoms. The molecule has 0 unspecified atom stereocenters. The van der Waals surface area contributed by atoms with Gasteiger partial charge in [-0.05, 0) is 17.7 Å². The minimum atomic E-state index is -0.144. The van der Waals surface area contributed by atoms with Crippen LogP contribution in [-0.2, 0) is 9.47 Å². The zero-order valence-corrected chi connectivity index (χ0v) is 15.5. The van der Waals surface area contributed by atoms with E-state index in [0.717, 1.165) is 18.7 Å². The third-order valence-electron chi connectivity index (χ3n) is 4.50. The fraction of sp³-hybridized carbons (Fsp3) is 0.588. The predicted octanol–water partition coefficient (Wildman–Crippen LogP) is 2.31. The average Bonchev–Trinajstić information content (AvgIpc) is 2.88. The Morgan fingerprint density at radius 2 is 2.04 bits per heavy atom. The molecule has 138 valence electrons. The highest BCUT2D eigenvalue weighted by Gasteiger charge is 2.28. The molecule has 0 aliphatic carbocycles. The summed E-state index contributed by atoms with van der Waals surface area (Å²) in [6.45, 7) is 5.11. The summed E-state index contributed by atoms with van der Waals surface area (Å²) in [5, 5.41) is 7.42. The van der Waals surface area contributed by atoms with Crippen LogP contribution in [0.2, 0.25) is 10.0 Å². The topological polar surface area (TPSA) is 62.8 Å². The van der Waals surface area contributed by atoms with E-state index in [1.807, 2.05) is 12.1 Å². The van der Waals surface area contributed by atoms with Crippen LogP contribution < -0.4 is 10.6 Å². The van der Waals surface area contributed by atoms with Crippen molar-refractivity contribution in [3.63, 3.8) is 0 Å². The molecule has 25 heavy (non-hydrogen) atoms. The minimum Gasteiger partial charge on any atom is -0.378 e. The van der Waals surface area contributed by atoms with Gasteiger partial charge in [-0.2, -0.15) is 0 Å². The molecule has 0 radical (unpaired) electrons. The number of benzene rings is 1. The molecule has 1 aromatic rings. The molecular weight excluding hydrogens is 365 g/mol. The molecule has 1 aromatic carbocycles. The number of urea groups is 1. The lowest BCUT2D eigenvalue weighted by atomic mass is 9.95. The Morgan fingerprint density at radius 3 is 2.80 bits per heavy atom. The summed E-state index contributed by atoms with van der Waals surface area (Å²) < 4.78 is 11.3. The zero-order chi connectivity index (χ0) is 17.6. The first-order chi connectivity index (χ1) is 12.1. The lowest BCUT2D eigenvalue weighted by molar-refractivity contribution is 0.0294. The van der Waals surface area contributed by atoms with Gasteiger partial charge < -0.3 is 25.0 Å². The first-order valence-corrected chi connectivity index (χ1v) is 9.28. The van der Waals surface area contributed by atoms with Crippen LogP contribution in [0.3, 0.4) is 0 Å². The summed E-state index contributed by atoms with van der Waals surface area (Å²) in [4.78, 5) is 14.1. The highest BCUT2D eigenvalue weighted by atomic mass is 35.5. The highest BCUT2D eigenvalue weighted by molar-refractivity contribution is 6.42. The third kappa shape index (κ3) is 4.99. The second-order valence-corrected chi connectivity index (χ2v) is 7.03. The second-order valence-electron chi connectivity index (χ2n) is 6.21. The molecule has 6 nitrogen and oxygen atoms in total. The first kappa shape index (κ1) is 18.7. The fourth-order valence-corrected chi connectivity index (χ4v) is 3.43. The maximum Gasteiger partial charge on any atom is 0.317 e. The van der Waals surface area contributed by atoms with Crippen LogP contribution in [-0.4, -0.2) is 63.5 Å². The summed E-state index contributed by atoms with van der Waals surface area (Å²) in [6, 6.07) is 5.50. The minimum absolute atomic E-state index is 0.0552. The second kappa shape index (κ2) is 9.05. The number of carbonyl (C=O) groups excluding carboxylic acids is 1. The highest BCUT2D eigenvalue weighted by Crippen LogP contribution is 2.31. The zero-order valence-electron chi connectivity index (χ0n) is 14.0.